The van der Waals surface area contributed by atoms with Crippen molar-refractivity contribution in [2.45, 2.75) is 19.1 Å². The quantitative estimate of drug-likeness (QED) is 0.792. The summed E-state index contributed by atoms with van der Waals surface area (Å²) in [7, 11) is 0. The van der Waals surface area contributed by atoms with Crippen LogP contribution in [0.25, 0.3) is 0 Å². The average molecular weight is 195 g/mol. The van der Waals surface area contributed by atoms with Crippen molar-refractivity contribution >= 4 is 0 Å². The predicted molar refractivity (Wildman–Crippen MR) is 52.5 cm³/mol. The lowest BCUT2D eigenvalue weighted by Gasteiger charge is -2.39. The monoisotopic (exact) mass is 195 g/mol. The number of rotatable bonds is 3. The van der Waals surface area contributed by atoms with Crippen molar-refractivity contribution in [2.75, 3.05) is 13.1 Å². The van der Waals surface area contributed by atoms with E-state index in [1.165, 1.54) is 6.07 Å². The second-order valence-electron chi connectivity index (χ2n) is 3.93. The Kier molecular flexibility index (Phi) is 2.52. The predicted octanol–water partition coefficient (Wildman–Crippen LogP) is 1.70. The van der Waals surface area contributed by atoms with Crippen LogP contribution in [0.5, 0.6) is 0 Å². The van der Waals surface area contributed by atoms with E-state index in [1.807, 2.05) is 13.0 Å². The van der Waals surface area contributed by atoms with Crippen LogP contribution < -0.4 is 5.32 Å². The van der Waals surface area contributed by atoms with Gasteiger partial charge >= 0.3 is 0 Å². The molecule has 76 valence electrons. The molecule has 1 heterocycles. The molecule has 0 radical (unpaired) electrons. The molecule has 0 bridgehead atoms. The van der Waals surface area contributed by atoms with E-state index < -0.39 is 0 Å². The van der Waals surface area contributed by atoms with Gasteiger partial charge < -0.3 is 10.1 Å². The number of hydrogen-bond donors (Lipinski definition) is 1. The Balaban J connectivity index is 1.95. The molecular formula is C11H14FNO. The fraction of sp³-hybridized carbons (Fsp3) is 0.455. The molecule has 0 spiro atoms. The van der Waals surface area contributed by atoms with E-state index in [4.69, 9.17) is 4.74 Å². The Morgan fingerprint density at radius 2 is 2.14 bits per heavy atom. The normalized spacial score (nSPS) is 19.0. The van der Waals surface area contributed by atoms with E-state index in [0.29, 0.717) is 12.2 Å². The van der Waals surface area contributed by atoms with Gasteiger partial charge in [-0.3, -0.25) is 0 Å². The van der Waals surface area contributed by atoms with Gasteiger partial charge in [-0.25, -0.2) is 4.39 Å². The van der Waals surface area contributed by atoms with Crippen LogP contribution in [0.2, 0.25) is 0 Å². The molecule has 2 nitrogen and oxygen atoms in total. The van der Waals surface area contributed by atoms with Gasteiger partial charge in [0.15, 0.2) is 0 Å². The van der Waals surface area contributed by atoms with Crippen LogP contribution in [-0.2, 0) is 11.3 Å². The Morgan fingerprint density at radius 3 is 2.71 bits per heavy atom. The zero-order valence-electron chi connectivity index (χ0n) is 8.22. The van der Waals surface area contributed by atoms with Crippen LogP contribution in [0.3, 0.4) is 0 Å². The van der Waals surface area contributed by atoms with Crippen molar-refractivity contribution in [1.82, 2.24) is 5.32 Å². The third-order valence-electron chi connectivity index (χ3n) is 2.53. The van der Waals surface area contributed by atoms with Crippen molar-refractivity contribution in [2.24, 2.45) is 0 Å². The minimum absolute atomic E-state index is 0.109. The van der Waals surface area contributed by atoms with Crippen LogP contribution in [0.4, 0.5) is 4.39 Å². The standard InChI is InChI=1S/C11H14FNO/c1-11(7-13-8-11)14-6-9-4-2-3-5-10(9)12/h2-5,13H,6-8H2,1H3. The molecule has 0 saturated carbocycles. The van der Waals surface area contributed by atoms with Gasteiger partial charge in [-0.15, -0.1) is 0 Å². The smallest absolute Gasteiger partial charge is 0.128 e. The van der Waals surface area contributed by atoms with Gasteiger partial charge in [0, 0.05) is 18.7 Å². The summed E-state index contributed by atoms with van der Waals surface area (Å²) in [6.07, 6.45) is 0. The van der Waals surface area contributed by atoms with Crippen LogP contribution >= 0.6 is 0 Å². The average Bonchev–Trinajstić information content (AvgIpc) is 2.14. The summed E-state index contributed by atoms with van der Waals surface area (Å²) in [4.78, 5) is 0. The Bertz CT molecular complexity index is 323. The van der Waals surface area contributed by atoms with Crippen LogP contribution in [0, 0.1) is 5.82 Å². The van der Waals surface area contributed by atoms with Gasteiger partial charge in [0.05, 0.1) is 12.2 Å². The minimum Gasteiger partial charge on any atom is -0.368 e. The molecule has 0 aliphatic carbocycles. The van der Waals surface area contributed by atoms with Crippen LogP contribution in [0.15, 0.2) is 24.3 Å². The fourth-order valence-corrected chi connectivity index (χ4v) is 1.45. The molecule has 1 aliphatic heterocycles. The van der Waals surface area contributed by atoms with E-state index in [0.717, 1.165) is 13.1 Å². The summed E-state index contributed by atoms with van der Waals surface area (Å²) in [6, 6.07) is 6.72. The van der Waals surface area contributed by atoms with Crippen molar-refractivity contribution < 1.29 is 9.13 Å². The first kappa shape index (κ1) is 9.62. The lowest BCUT2D eigenvalue weighted by atomic mass is 10.00. The Morgan fingerprint density at radius 1 is 1.43 bits per heavy atom. The van der Waals surface area contributed by atoms with Crippen LogP contribution in [-0.4, -0.2) is 18.7 Å². The number of benzene rings is 1. The molecule has 1 aromatic carbocycles. The topological polar surface area (TPSA) is 21.3 Å². The second-order valence-corrected chi connectivity index (χ2v) is 3.93. The van der Waals surface area contributed by atoms with Gasteiger partial charge in [-0.1, -0.05) is 18.2 Å². The summed E-state index contributed by atoms with van der Waals surface area (Å²) in [6.45, 7) is 4.08. The van der Waals surface area contributed by atoms with Crippen molar-refractivity contribution in [3.63, 3.8) is 0 Å². The molecule has 0 unspecified atom stereocenters. The molecule has 1 aliphatic rings. The first-order chi connectivity index (χ1) is 6.70. The third kappa shape index (κ3) is 1.94. The van der Waals surface area contributed by atoms with Gasteiger partial charge in [0.1, 0.15) is 5.82 Å². The van der Waals surface area contributed by atoms with E-state index in [2.05, 4.69) is 5.32 Å². The van der Waals surface area contributed by atoms with Gasteiger partial charge in [-0.05, 0) is 13.0 Å². The maximum Gasteiger partial charge on any atom is 0.128 e. The molecule has 0 aromatic heterocycles. The molecule has 1 fully saturated rings. The fourth-order valence-electron chi connectivity index (χ4n) is 1.45. The molecule has 1 aromatic rings. The van der Waals surface area contributed by atoms with E-state index in [9.17, 15) is 4.39 Å². The molecular weight excluding hydrogens is 181 g/mol. The zero-order valence-corrected chi connectivity index (χ0v) is 8.22. The number of ether oxygens (including phenoxy) is 1. The highest BCUT2D eigenvalue weighted by atomic mass is 19.1. The third-order valence-corrected chi connectivity index (χ3v) is 2.53. The largest absolute Gasteiger partial charge is 0.368 e. The molecule has 1 N–H and O–H groups in total. The van der Waals surface area contributed by atoms with Crippen molar-refractivity contribution in [1.29, 1.82) is 0 Å². The molecule has 1 saturated heterocycles. The lowest BCUT2D eigenvalue weighted by Crippen LogP contribution is -2.58. The number of nitrogens with one attached hydrogen (secondary N) is 1. The van der Waals surface area contributed by atoms with Gasteiger partial charge in [0.25, 0.3) is 0 Å². The van der Waals surface area contributed by atoms with E-state index >= 15 is 0 Å². The lowest BCUT2D eigenvalue weighted by molar-refractivity contribution is -0.0775. The molecule has 3 heteroatoms. The highest BCUT2D eigenvalue weighted by Crippen LogP contribution is 2.18. The van der Waals surface area contributed by atoms with Gasteiger partial charge in [0.2, 0.25) is 0 Å². The SMILES string of the molecule is CC1(OCc2ccccc2F)CNC1. The Hall–Kier alpha value is -0.930. The number of halogens is 1. The van der Waals surface area contributed by atoms with Crippen molar-refractivity contribution in [3.8, 4) is 0 Å². The summed E-state index contributed by atoms with van der Waals surface area (Å²) < 4.78 is 18.8. The molecule has 2 rings (SSSR count). The number of hydrogen-bond acceptors (Lipinski definition) is 2. The van der Waals surface area contributed by atoms with Crippen molar-refractivity contribution in [3.05, 3.63) is 35.6 Å². The molecule has 0 amide bonds. The minimum atomic E-state index is -0.191. The highest BCUT2D eigenvalue weighted by molar-refractivity contribution is 5.16. The summed E-state index contributed by atoms with van der Waals surface area (Å²) >= 11 is 0. The Labute approximate surface area is 83.1 Å². The molecule has 0 atom stereocenters. The first-order valence-electron chi connectivity index (χ1n) is 4.78. The maximum absolute atomic E-state index is 13.2. The first-order valence-corrected chi connectivity index (χ1v) is 4.78. The summed E-state index contributed by atoms with van der Waals surface area (Å²) in [5.41, 5.74) is 0.517. The van der Waals surface area contributed by atoms with E-state index in [-0.39, 0.29) is 11.4 Å². The summed E-state index contributed by atoms with van der Waals surface area (Å²) in [5, 5.41) is 3.13. The zero-order chi connectivity index (χ0) is 10.0. The molecule has 14 heavy (non-hydrogen) atoms. The van der Waals surface area contributed by atoms with Gasteiger partial charge in [-0.2, -0.15) is 0 Å². The second kappa shape index (κ2) is 3.67. The maximum atomic E-state index is 13.2. The summed E-state index contributed by atoms with van der Waals surface area (Å²) in [5.74, 6) is -0.191. The van der Waals surface area contributed by atoms with E-state index in [1.54, 1.807) is 12.1 Å². The highest BCUT2D eigenvalue weighted by Gasteiger charge is 2.32. The van der Waals surface area contributed by atoms with Crippen LogP contribution in [0.1, 0.15) is 12.5 Å².